The first-order valence-electron chi connectivity index (χ1n) is 9.39. The Hall–Kier alpha value is -1.91. The molecule has 0 N–H and O–H groups in total. The van der Waals surface area contributed by atoms with Gasteiger partial charge in [0.15, 0.2) is 5.76 Å². The molecule has 1 aromatic carbocycles. The lowest BCUT2D eigenvalue weighted by Gasteiger charge is -2.45. The van der Waals surface area contributed by atoms with Crippen molar-refractivity contribution in [1.29, 1.82) is 0 Å². The van der Waals surface area contributed by atoms with Crippen LogP contribution in [-0.2, 0) is 25.6 Å². The Bertz CT molecular complexity index is 725. The number of hydrogen-bond acceptors (Lipinski definition) is 4. The molecule has 3 aliphatic rings. The SMILES string of the molecule is C=C[C@@H]1CCC[C@@H]2C[C@@]3(COCc4ccccc4)C=C(OC)C(=O)[C@]21O3. The van der Waals surface area contributed by atoms with Crippen molar-refractivity contribution in [2.24, 2.45) is 11.8 Å². The second-order valence-corrected chi connectivity index (χ2v) is 7.65. The number of rotatable bonds is 6. The second-order valence-electron chi connectivity index (χ2n) is 7.65. The highest BCUT2D eigenvalue weighted by atomic mass is 16.6. The molecular weight excluding hydrogens is 328 g/mol. The van der Waals surface area contributed by atoms with Crippen LogP contribution in [0.5, 0.6) is 0 Å². The third-order valence-electron chi connectivity index (χ3n) is 6.12. The standard InChI is InChI=1S/C22H26O4/c1-3-17-10-7-11-18-12-21(15-25-14-16-8-5-4-6-9-16)13-19(24-2)20(23)22(17,18)26-21/h3-6,8-9,13,17-18H,1,7,10-12,14-15H2,2H3/t17-,18-,21+,22-/m1/s1. The molecule has 4 nitrogen and oxygen atoms in total. The number of ketones is 1. The molecule has 4 heteroatoms. The number of ether oxygens (including phenoxy) is 3. The summed E-state index contributed by atoms with van der Waals surface area (Å²) >= 11 is 0. The van der Waals surface area contributed by atoms with Gasteiger partial charge in [-0.25, -0.2) is 0 Å². The zero-order chi connectivity index (χ0) is 18.2. The Morgan fingerprint density at radius 3 is 2.85 bits per heavy atom. The molecule has 138 valence electrons. The van der Waals surface area contributed by atoms with Gasteiger partial charge in [0.25, 0.3) is 0 Å². The zero-order valence-electron chi connectivity index (χ0n) is 15.3. The van der Waals surface area contributed by atoms with E-state index in [1.54, 1.807) is 7.11 Å². The summed E-state index contributed by atoms with van der Waals surface area (Å²) in [6.07, 6.45) is 7.58. The molecule has 0 unspecified atom stereocenters. The monoisotopic (exact) mass is 354 g/mol. The number of fused-ring (bicyclic) bond motifs is 1. The van der Waals surface area contributed by atoms with Gasteiger partial charge in [-0.2, -0.15) is 0 Å². The summed E-state index contributed by atoms with van der Waals surface area (Å²) in [6, 6.07) is 10.1. The summed E-state index contributed by atoms with van der Waals surface area (Å²) in [6.45, 7) is 4.92. The zero-order valence-corrected chi connectivity index (χ0v) is 15.3. The van der Waals surface area contributed by atoms with Crippen molar-refractivity contribution in [3.05, 3.63) is 60.4 Å². The Kier molecular flexibility index (Phi) is 4.49. The third kappa shape index (κ3) is 2.63. The van der Waals surface area contributed by atoms with Gasteiger partial charge in [-0.05, 0) is 36.8 Å². The number of methoxy groups -OCH3 is 1. The van der Waals surface area contributed by atoms with E-state index in [-0.39, 0.29) is 17.6 Å². The van der Waals surface area contributed by atoms with Gasteiger partial charge in [-0.3, -0.25) is 4.79 Å². The number of Topliss-reactive ketones (excluding diaryl/α,β-unsaturated/α-hetero) is 1. The van der Waals surface area contributed by atoms with Crippen molar-refractivity contribution in [3.8, 4) is 0 Å². The van der Waals surface area contributed by atoms with Crippen molar-refractivity contribution in [3.63, 3.8) is 0 Å². The number of carbonyl (C=O) groups excluding carboxylic acids is 1. The fourth-order valence-electron chi connectivity index (χ4n) is 5.00. The van der Waals surface area contributed by atoms with E-state index in [4.69, 9.17) is 14.2 Å². The molecule has 2 bridgehead atoms. The van der Waals surface area contributed by atoms with Crippen LogP contribution in [0.15, 0.2) is 54.8 Å². The predicted octanol–water partition coefficient (Wildman–Crippen LogP) is 3.82. The first-order chi connectivity index (χ1) is 12.6. The molecule has 26 heavy (non-hydrogen) atoms. The molecule has 1 spiro atoms. The maximum atomic E-state index is 13.2. The molecule has 0 amide bonds. The summed E-state index contributed by atoms with van der Waals surface area (Å²) < 4.78 is 18.0. The lowest BCUT2D eigenvalue weighted by Crippen LogP contribution is -2.56. The minimum Gasteiger partial charge on any atom is -0.493 e. The summed E-state index contributed by atoms with van der Waals surface area (Å²) in [4.78, 5) is 13.2. The molecule has 0 aromatic heterocycles. The summed E-state index contributed by atoms with van der Waals surface area (Å²) in [5.41, 5.74) is -0.290. The van der Waals surface area contributed by atoms with Crippen molar-refractivity contribution >= 4 is 5.78 Å². The van der Waals surface area contributed by atoms with E-state index in [1.807, 2.05) is 42.5 Å². The molecule has 0 radical (unpaired) electrons. The highest BCUT2D eigenvalue weighted by Crippen LogP contribution is 2.57. The van der Waals surface area contributed by atoms with E-state index >= 15 is 0 Å². The average molecular weight is 354 g/mol. The average Bonchev–Trinajstić information content (AvgIpc) is 2.96. The maximum Gasteiger partial charge on any atom is 0.229 e. The number of carbonyl (C=O) groups is 1. The van der Waals surface area contributed by atoms with E-state index in [2.05, 4.69) is 6.58 Å². The van der Waals surface area contributed by atoms with Gasteiger partial charge in [0, 0.05) is 5.92 Å². The number of benzene rings is 1. The van der Waals surface area contributed by atoms with Crippen LogP contribution in [0.4, 0.5) is 0 Å². The molecule has 4 atom stereocenters. The molecule has 1 aromatic rings. The van der Waals surface area contributed by atoms with Crippen LogP contribution in [0.1, 0.15) is 31.2 Å². The van der Waals surface area contributed by atoms with E-state index in [0.29, 0.717) is 19.0 Å². The molecule has 2 aliphatic heterocycles. The minimum absolute atomic E-state index is 0.0224. The highest BCUT2D eigenvalue weighted by Gasteiger charge is 2.66. The van der Waals surface area contributed by atoms with Crippen molar-refractivity contribution in [2.75, 3.05) is 13.7 Å². The second kappa shape index (κ2) is 6.67. The molecule has 2 heterocycles. The molecule has 1 saturated carbocycles. The molecular formula is C22H26O4. The summed E-state index contributed by atoms with van der Waals surface area (Å²) in [7, 11) is 1.56. The topological polar surface area (TPSA) is 44.8 Å². The van der Waals surface area contributed by atoms with Gasteiger partial charge in [-0.1, -0.05) is 42.8 Å². The Labute approximate surface area is 154 Å². The molecule has 1 aliphatic carbocycles. The van der Waals surface area contributed by atoms with Crippen LogP contribution in [0.3, 0.4) is 0 Å². The van der Waals surface area contributed by atoms with Crippen molar-refractivity contribution in [1.82, 2.24) is 0 Å². The van der Waals surface area contributed by atoms with Crippen molar-refractivity contribution < 1.29 is 19.0 Å². The minimum atomic E-state index is -0.823. The van der Waals surface area contributed by atoms with Gasteiger partial charge in [0.05, 0.1) is 20.3 Å². The third-order valence-corrected chi connectivity index (χ3v) is 6.12. The largest absolute Gasteiger partial charge is 0.493 e. The smallest absolute Gasteiger partial charge is 0.229 e. The van der Waals surface area contributed by atoms with Crippen LogP contribution in [0.25, 0.3) is 0 Å². The van der Waals surface area contributed by atoms with Gasteiger partial charge < -0.3 is 14.2 Å². The first-order valence-corrected chi connectivity index (χ1v) is 9.39. The lowest BCUT2D eigenvalue weighted by atomic mass is 9.66. The maximum absolute atomic E-state index is 13.2. The van der Waals surface area contributed by atoms with Gasteiger partial charge in [-0.15, -0.1) is 6.58 Å². The quantitative estimate of drug-likeness (QED) is 0.729. The molecule has 1 saturated heterocycles. The van der Waals surface area contributed by atoms with Crippen molar-refractivity contribution in [2.45, 2.75) is 43.5 Å². The fourth-order valence-corrected chi connectivity index (χ4v) is 5.00. The number of hydrogen-bond donors (Lipinski definition) is 0. The Morgan fingerprint density at radius 1 is 1.31 bits per heavy atom. The Morgan fingerprint density at radius 2 is 2.12 bits per heavy atom. The van der Waals surface area contributed by atoms with E-state index in [1.165, 1.54) is 0 Å². The predicted molar refractivity (Wildman–Crippen MR) is 98.4 cm³/mol. The van der Waals surface area contributed by atoms with Gasteiger partial charge >= 0.3 is 0 Å². The Balaban J connectivity index is 1.60. The van der Waals surface area contributed by atoms with Crippen LogP contribution >= 0.6 is 0 Å². The highest BCUT2D eigenvalue weighted by molar-refractivity contribution is 6.02. The van der Waals surface area contributed by atoms with E-state index in [9.17, 15) is 4.79 Å². The first kappa shape index (κ1) is 17.5. The lowest BCUT2D eigenvalue weighted by molar-refractivity contribution is -0.177. The van der Waals surface area contributed by atoms with Gasteiger partial charge in [0.1, 0.15) is 11.2 Å². The normalized spacial score (nSPS) is 35.6. The molecule has 4 rings (SSSR count). The van der Waals surface area contributed by atoms with E-state index < -0.39 is 11.2 Å². The summed E-state index contributed by atoms with van der Waals surface area (Å²) in [5, 5.41) is 0. The van der Waals surface area contributed by atoms with Crippen LogP contribution in [0.2, 0.25) is 0 Å². The fraction of sp³-hybridized carbons (Fsp3) is 0.500. The van der Waals surface area contributed by atoms with Crippen LogP contribution < -0.4 is 0 Å². The van der Waals surface area contributed by atoms with Gasteiger partial charge in [0.2, 0.25) is 5.78 Å². The summed E-state index contributed by atoms with van der Waals surface area (Å²) in [5.74, 6) is 0.612. The van der Waals surface area contributed by atoms with Crippen LogP contribution in [-0.4, -0.2) is 30.7 Å². The van der Waals surface area contributed by atoms with Crippen LogP contribution in [0, 0.1) is 11.8 Å². The molecule has 2 fully saturated rings. The van der Waals surface area contributed by atoms with E-state index in [0.717, 1.165) is 31.2 Å².